The van der Waals surface area contributed by atoms with Crippen LogP contribution in [0, 0.1) is 0 Å². The molecule has 4 rings (SSSR count). The summed E-state index contributed by atoms with van der Waals surface area (Å²) in [6.45, 7) is 3.60. The fraction of sp³-hybridized carbons (Fsp3) is 0.360. The number of piperidine rings is 1. The maximum atomic E-state index is 12.9. The van der Waals surface area contributed by atoms with Gasteiger partial charge in [0.25, 0.3) is 17.7 Å². The minimum Gasteiger partial charge on any atom is -0.348 e. The second kappa shape index (κ2) is 10.3. The third-order valence-electron chi connectivity index (χ3n) is 6.06. The van der Waals surface area contributed by atoms with Crippen molar-refractivity contribution in [2.45, 2.75) is 43.2 Å². The van der Waals surface area contributed by atoms with E-state index in [1.807, 2.05) is 41.3 Å². The van der Waals surface area contributed by atoms with E-state index in [0.29, 0.717) is 23.4 Å². The summed E-state index contributed by atoms with van der Waals surface area (Å²) in [7, 11) is 0. The Bertz CT molecular complexity index is 1100. The molecule has 0 unspecified atom stereocenters. The van der Waals surface area contributed by atoms with Crippen LogP contribution >= 0.6 is 11.8 Å². The summed E-state index contributed by atoms with van der Waals surface area (Å²) in [5.74, 6) is -0.265. The molecule has 0 aliphatic carbocycles. The Hall–Kier alpha value is -3.33. The molecule has 2 aromatic carbocycles. The van der Waals surface area contributed by atoms with Crippen molar-refractivity contribution in [1.82, 2.24) is 20.9 Å². The average Bonchev–Trinajstić information content (AvgIpc) is 3.12. The number of thioether (sulfide) groups is 1. The molecule has 2 saturated heterocycles. The number of carbonyl (C=O) groups is 4. The van der Waals surface area contributed by atoms with Crippen LogP contribution in [0.3, 0.4) is 0 Å². The lowest BCUT2D eigenvalue weighted by atomic mass is 10.1. The number of rotatable bonds is 7. The van der Waals surface area contributed by atoms with Gasteiger partial charge in [0, 0.05) is 35.8 Å². The van der Waals surface area contributed by atoms with Gasteiger partial charge in [-0.3, -0.25) is 19.7 Å². The van der Waals surface area contributed by atoms with Crippen LogP contribution in [0.15, 0.2) is 53.4 Å². The third-order valence-corrected chi connectivity index (χ3v) is 7.45. The first-order valence-corrected chi connectivity index (χ1v) is 12.4. The summed E-state index contributed by atoms with van der Waals surface area (Å²) in [6.07, 6.45) is 3.28. The van der Waals surface area contributed by atoms with Gasteiger partial charge in [0.1, 0.15) is 5.54 Å². The Morgan fingerprint density at radius 2 is 1.74 bits per heavy atom. The number of benzene rings is 2. The summed E-state index contributed by atoms with van der Waals surface area (Å²) in [6, 6.07) is 14.0. The van der Waals surface area contributed by atoms with E-state index in [9.17, 15) is 19.2 Å². The van der Waals surface area contributed by atoms with Crippen molar-refractivity contribution >= 4 is 35.5 Å². The Morgan fingerprint density at radius 1 is 1.03 bits per heavy atom. The van der Waals surface area contributed by atoms with Gasteiger partial charge in [0.05, 0.1) is 5.56 Å². The van der Waals surface area contributed by atoms with E-state index < -0.39 is 11.6 Å². The first-order chi connectivity index (χ1) is 16.4. The van der Waals surface area contributed by atoms with Crippen LogP contribution in [0.2, 0.25) is 0 Å². The highest BCUT2D eigenvalue weighted by Crippen LogP contribution is 2.27. The minimum atomic E-state index is -1.03. The Labute approximate surface area is 202 Å². The summed E-state index contributed by atoms with van der Waals surface area (Å²) < 4.78 is 0. The molecule has 1 atom stereocenters. The summed E-state index contributed by atoms with van der Waals surface area (Å²) in [5, 5.41) is 7.80. The monoisotopic (exact) mass is 480 g/mol. The SMILES string of the molecule is C[C@@]1(CSc2ccccc2C(=O)NCc2ccc(C(=O)N3CCCCC3)cc2)NC(=O)NC1=O. The van der Waals surface area contributed by atoms with Gasteiger partial charge in [0.2, 0.25) is 0 Å². The predicted octanol–water partition coefficient (Wildman–Crippen LogP) is 2.93. The Morgan fingerprint density at radius 3 is 2.41 bits per heavy atom. The normalized spacial score (nSPS) is 20.0. The van der Waals surface area contributed by atoms with Gasteiger partial charge in [-0.05, 0) is 56.0 Å². The molecule has 5 amide bonds. The standard InChI is InChI=1S/C25H28N4O4S/c1-25(23(32)27-24(33)28-25)16-34-20-8-4-3-7-19(20)21(30)26-15-17-9-11-18(12-10-17)22(31)29-13-5-2-6-14-29/h3-4,7-12H,2,5-6,13-16H2,1H3,(H,26,30)(H2,27,28,32,33)/t25-/m0/s1. The lowest BCUT2D eigenvalue weighted by Gasteiger charge is -2.26. The van der Waals surface area contributed by atoms with Gasteiger partial charge in [-0.1, -0.05) is 24.3 Å². The van der Waals surface area contributed by atoms with Crippen molar-refractivity contribution < 1.29 is 19.2 Å². The van der Waals surface area contributed by atoms with Crippen LogP contribution < -0.4 is 16.0 Å². The number of nitrogens with zero attached hydrogens (tertiary/aromatic N) is 1. The third kappa shape index (κ3) is 5.41. The molecule has 0 saturated carbocycles. The number of urea groups is 1. The lowest BCUT2D eigenvalue weighted by molar-refractivity contribution is -0.122. The highest BCUT2D eigenvalue weighted by atomic mass is 32.2. The fourth-order valence-electron chi connectivity index (χ4n) is 4.01. The lowest BCUT2D eigenvalue weighted by Crippen LogP contribution is -2.46. The molecule has 2 fully saturated rings. The van der Waals surface area contributed by atoms with E-state index in [4.69, 9.17) is 0 Å². The van der Waals surface area contributed by atoms with Crippen molar-refractivity contribution in [2.75, 3.05) is 18.8 Å². The zero-order valence-corrected chi connectivity index (χ0v) is 19.9. The quantitative estimate of drug-likeness (QED) is 0.417. The summed E-state index contributed by atoms with van der Waals surface area (Å²) in [5.41, 5.74) is 1.03. The number of likely N-dealkylation sites (tertiary alicyclic amines) is 1. The molecular formula is C25H28N4O4S. The molecule has 34 heavy (non-hydrogen) atoms. The molecule has 0 spiro atoms. The molecule has 3 N–H and O–H groups in total. The van der Waals surface area contributed by atoms with Crippen molar-refractivity contribution in [3.8, 4) is 0 Å². The summed E-state index contributed by atoms with van der Waals surface area (Å²) >= 11 is 1.34. The largest absolute Gasteiger partial charge is 0.348 e. The van der Waals surface area contributed by atoms with E-state index >= 15 is 0 Å². The van der Waals surface area contributed by atoms with E-state index in [0.717, 1.165) is 36.4 Å². The molecule has 178 valence electrons. The predicted molar refractivity (Wildman–Crippen MR) is 130 cm³/mol. The first-order valence-electron chi connectivity index (χ1n) is 11.4. The van der Waals surface area contributed by atoms with Gasteiger partial charge >= 0.3 is 6.03 Å². The molecular weight excluding hydrogens is 452 g/mol. The van der Waals surface area contributed by atoms with Gasteiger partial charge in [0.15, 0.2) is 0 Å². The highest BCUT2D eigenvalue weighted by Gasteiger charge is 2.41. The average molecular weight is 481 g/mol. The first kappa shape index (κ1) is 23.8. The molecule has 0 aromatic heterocycles. The van der Waals surface area contributed by atoms with Crippen LogP contribution in [0.5, 0.6) is 0 Å². The number of carbonyl (C=O) groups excluding carboxylic acids is 4. The van der Waals surface area contributed by atoms with Crippen molar-refractivity contribution in [3.63, 3.8) is 0 Å². The maximum Gasteiger partial charge on any atom is 0.322 e. The smallest absolute Gasteiger partial charge is 0.322 e. The molecule has 2 heterocycles. The van der Waals surface area contributed by atoms with Crippen LogP contribution in [-0.2, 0) is 11.3 Å². The van der Waals surface area contributed by atoms with E-state index in [2.05, 4.69) is 16.0 Å². The van der Waals surface area contributed by atoms with Gasteiger partial charge in [-0.2, -0.15) is 0 Å². The zero-order valence-electron chi connectivity index (χ0n) is 19.1. The Balaban J connectivity index is 1.35. The van der Waals surface area contributed by atoms with Crippen LogP contribution in [0.25, 0.3) is 0 Å². The molecule has 8 nitrogen and oxygen atoms in total. The highest BCUT2D eigenvalue weighted by molar-refractivity contribution is 7.99. The van der Waals surface area contributed by atoms with Crippen molar-refractivity contribution in [3.05, 3.63) is 65.2 Å². The molecule has 2 aromatic rings. The van der Waals surface area contributed by atoms with E-state index in [-0.39, 0.29) is 17.7 Å². The molecule has 0 bridgehead atoms. The molecule has 2 aliphatic rings. The molecule has 0 radical (unpaired) electrons. The summed E-state index contributed by atoms with van der Waals surface area (Å²) in [4.78, 5) is 51.6. The van der Waals surface area contributed by atoms with Gasteiger partial charge < -0.3 is 15.5 Å². The number of hydrogen-bond donors (Lipinski definition) is 3. The van der Waals surface area contributed by atoms with Crippen molar-refractivity contribution in [2.24, 2.45) is 0 Å². The Kier molecular flexibility index (Phi) is 7.21. The fourth-order valence-corrected chi connectivity index (χ4v) is 5.14. The second-order valence-corrected chi connectivity index (χ2v) is 9.77. The topological polar surface area (TPSA) is 108 Å². The van der Waals surface area contributed by atoms with Crippen LogP contribution in [0.1, 0.15) is 52.5 Å². The molecule has 9 heteroatoms. The molecule has 2 aliphatic heterocycles. The van der Waals surface area contributed by atoms with Crippen molar-refractivity contribution in [1.29, 1.82) is 0 Å². The number of amides is 5. The number of hydrogen-bond acceptors (Lipinski definition) is 5. The van der Waals surface area contributed by atoms with Gasteiger partial charge in [-0.15, -0.1) is 11.8 Å². The van der Waals surface area contributed by atoms with E-state index in [1.54, 1.807) is 19.1 Å². The maximum absolute atomic E-state index is 12.9. The second-order valence-electron chi connectivity index (χ2n) is 8.76. The van der Waals surface area contributed by atoms with Crippen LogP contribution in [-0.4, -0.2) is 53.0 Å². The number of nitrogens with one attached hydrogen (secondary N) is 3. The zero-order chi connectivity index (χ0) is 24.1. The minimum absolute atomic E-state index is 0.0575. The van der Waals surface area contributed by atoms with Gasteiger partial charge in [-0.25, -0.2) is 4.79 Å². The van der Waals surface area contributed by atoms with Crippen LogP contribution in [0.4, 0.5) is 4.79 Å². The van der Waals surface area contributed by atoms with E-state index in [1.165, 1.54) is 18.2 Å². The number of imide groups is 1.